The minimum Gasteiger partial charge on any atom is -0.220 e. The highest BCUT2D eigenvalue weighted by molar-refractivity contribution is 7.89. The molecule has 0 aliphatic carbocycles. The molecular weight excluding hydrogens is 348 g/mol. The summed E-state index contributed by atoms with van der Waals surface area (Å²) in [6, 6.07) is 0. The molecular formula is C21H42O4S. The Balaban J connectivity index is 3.24. The van der Waals surface area contributed by atoms with E-state index in [0.29, 0.717) is 6.61 Å². The van der Waals surface area contributed by atoms with Crippen LogP contribution in [0.4, 0.5) is 0 Å². The second-order valence-electron chi connectivity index (χ2n) is 7.14. The van der Waals surface area contributed by atoms with E-state index in [1.807, 2.05) is 6.92 Å². The second-order valence-corrected chi connectivity index (χ2v) is 8.53. The molecule has 26 heavy (non-hydrogen) atoms. The lowest BCUT2D eigenvalue weighted by molar-refractivity contribution is -0.200. The van der Waals surface area contributed by atoms with Crippen LogP contribution in [0, 0.1) is 0 Å². The fourth-order valence-corrected chi connectivity index (χ4v) is 3.45. The predicted molar refractivity (Wildman–Crippen MR) is 110 cm³/mol. The molecule has 0 atom stereocenters. The van der Waals surface area contributed by atoms with Crippen LogP contribution in [0.3, 0.4) is 0 Å². The summed E-state index contributed by atoms with van der Waals surface area (Å²) in [5, 5.41) is 1.07. The van der Waals surface area contributed by atoms with Crippen molar-refractivity contribution >= 4 is 10.1 Å². The van der Waals surface area contributed by atoms with E-state index in [0.717, 1.165) is 31.1 Å². The Bertz CT molecular complexity index is 404. The van der Waals surface area contributed by atoms with Gasteiger partial charge in [0.2, 0.25) is 0 Å². The van der Waals surface area contributed by atoms with Gasteiger partial charge in [0.05, 0.1) is 12.0 Å². The smallest absolute Gasteiger partial charge is 0.220 e. The van der Waals surface area contributed by atoms with Crippen molar-refractivity contribution in [3.63, 3.8) is 0 Å². The third-order valence-electron chi connectivity index (χ3n) is 4.44. The number of hydrogen-bond donors (Lipinski definition) is 0. The van der Waals surface area contributed by atoms with Crippen molar-refractivity contribution in [2.75, 3.05) is 6.61 Å². The van der Waals surface area contributed by atoms with Gasteiger partial charge in [-0.1, -0.05) is 110 Å². The van der Waals surface area contributed by atoms with Crippen LogP contribution in [0.2, 0.25) is 0 Å². The summed E-state index contributed by atoms with van der Waals surface area (Å²) in [5.74, 6) is 0. The molecule has 0 amide bonds. The van der Waals surface area contributed by atoms with Crippen LogP contribution < -0.4 is 0 Å². The van der Waals surface area contributed by atoms with E-state index in [1.165, 1.54) is 77.0 Å². The normalized spacial score (nSPS) is 12.2. The lowest BCUT2D eigenvalue weighted by atomic mass is 10.0. The lowest BCUT2D eigenvalue weighted by Crippen LogP contribution is -2.04. The van der Waals surface area contributed by atoms with Gasteiger partial charge in [-0.05, 0) is 12.8 Å². The summed E-state index contributed by atoms with van der Waals surface area (Å²) in [6.45, 7) is 4.58. The van der Waals surface area contributed by atoms with Crippen LogP contribution in [0.5, 0.6) is 0 Å². The van der Waals surface area contributed by atoms with Crippen molar-refractivity contribution in [1.29, 1.82) is 0 Å². The van der Waals surface area contributed by atoms with E-state index in [2.05, 4.69) is 11.3 Å². The zero-order chi connectivity index (χ0) is 19.3. The van der Waals surface area contributed by atoms with Crippen molar-refractivity contribution in [1.82, 2.24) is 0 Å². The fourth-order valence-electron chi connectivity index (χ4n) is 2.83. The molecule has 0 bridgehead atoms. The van der Waals surface area contributed by atoms with Gasteiger partial charge in [-0.15, -0.1) is 4.33 Å². The molecule has 0 saturated heterocycles. The molecule has 0 aromatic heterocycles. The van der Waals surface area contributed by atoms with Crippen LogP contribution in [0.25, 0.3) is 0 Å². The molecule has 0 aromatic rings. The predicted octanol–water partition coefficient (Wildman–Crippen LogP) is 7.06. The Labute approximate surface area is 162 Å². The molecule has 0 saturated carbocycles. The van der Waals surface area contributed by atoms with Crippen molar-refractivity contribution in [3.05, 3.63) is 11.5 Å². The molecule has 0 aliphatic heterocycles. The summed E-state index contributed by atoms with van der Waals surface area (Å²) in [7, 11) is -3.68. The minimum atomic E-state index is -3.68. The van der Waals surface area contributed by atoms with Gasteiger partial charge in [-0.2, -0.15) is 8.42 Å². The number of rotatable bonds is 20. The SMILES string of the molecule is CCCC=CS(=O)(=O)OOCCCCCCCCCCCCCCCC. The first-order valence-electron chi connectivity index (χ1n) is 10.8. The number of unbranched alkanes of at least 4 members (excludes halogenated alkanes) is 14. The molecule has 0 N–H and O–H groups in total. The van der Waals surface area contributed by atoms with E-state index in [-0.39, 0.29) is 0 Å². The third-order valence-corrected chi connectivity index (χ3v) is 5.25. The van der Waals surface area contributed by atoms with Crippen molar-refractivity contribution in [3.8, 4) is 0 Å². The topological polar surface area (TPSA) is 52.6 Å². The Hall–Kier alpha value is -0.390. The molecule has 0 radical (unpaired) electrons. The average molecular weight is 391 g/mol. The van der Waals surface area contributed by atoms with Gasteiger partial charge in [-0.25, -0.2) is 4.89 Å². The number of allylic oxidation sites excluding steroid dienone is 1. The first kappa shape index (κ1) is 25.6. The average Bonchev–Trinajstić information content (AvgIpc) is 2.61. The molecule has 0 rings (SSSR count). The third kappa shape index (κ3) is 19.9. The van der Waals surface area contributed by atoms with E-state index >= 15 is 0 Å². The summed E-state index contributed by atoms with van der Waals surface area (Å²) >= 11 is 0. The first-order chi connectivity index (χ1) is 12.6. The van der Waals surface area contributed by atoms with E-state index in [9.17, 15) is 8.42 Å². The van der Waals surface area contributed by atoms with Gasteiger partial charge in [0, 0.05) is 0 Å². The maximum atomic E-state index is 11.4. The highest BCUT2D eigenvalue weighted by atomic mass is 32.2. The van der Waals surface area contributed by atoms with Crippen LogP contribution in [0.15, 0.2) is 11.5 Å². The quantitative estimate of drug-likeness (QED) is 0.127. The molecule has 0 fully saturated rings. The van der Waals surface area contributed by atoms with Crippen LogP contribution >= 0.6 is 0 Å². The van der Waals surface area contributed by atoms with Gasteiger partial charge in [-0.3, -0.25) is 0 Å². The van der Waals surface area contributed by atoms with Gasteiger partial charge >= 0.3 is 10.1 Å². The van der Waals surface area contributed by atoms with Crippen molar-refractivity contribution in [2.24, 2.45) is 0 Å². The molecule has 156 valence electrons. The Kier molecular flexibility index (Phi) is 19.1. The molecule has 0 aromatic carbocycles. The highest BCUT2D eigenvalue weighted by Crippen LogP contribution is 2.13. The summed E-state index contributed by atoms with van der Waals surface area (Å²) in [4.78, 5) is 4.80. The minimum absolute atomic E-state index is 0.332. The van der Waals surface area contributed by atoms with Crippen molar-refractivity contribution in [2.45, 2.75) is 117 Å². The maximum absolute atomic E-state index is 11.4. The van der Waals surface area contributed by atoms with E-state index in [4.69, 9.17) is 4.89 Å². The summed E-state index contributed by atoms with van der Waals surface area (Å²) < 4.78 is 27.3. The van der Waals surface area contributed by atoms with Gasteiger partial charge in [0.1, 0.15) is 0 Å². The Morgan fingerprint density at radius 2 is 1.12 bits per heavy atom. The Morgan fingerprint density at radius 3 is 1.58 bits per heavy atom. The van der Waals surface area contributed by atoms with Crippen LogP contribution in [-0.4, -0.2) is 15.0 Å². The second kappa shape index (κ2) is 19.4. The largest absolute Gasteiger partial charge is 0.315 e. The Morgan fingerprint density at radius 1 is 0.654 bits per heavy atom. The summed E-state index contributed by atoms with van der Waals surface area (Å²) in [5.41, 5.74) is 0. The van der Waals surface area contributed by atoms with Crippen LogP contribution in [-0.2, 0) is 19.3 Å². The lowest BCUT2D eigenvalue weighted by Gasteiger charge is -2.04. The van der Waals surface area contributed by atoms with E-state index < -0.39 is 10.1 Å². The monoisotopic (exact) mass is 390 g/mol. The molecule has 0 aliphatic rings. The zero-order valence-corrected chi connectivity index (χ0v) is 18.0. The zero-order valence-electron chi connectivity index (χ0n) is 17.2. The molecule has 4 nitrogen and oxygen atoms in total. The van der Waals surface area contributed by atoms with Gasteiger partial charge in [0.15, 0.2) is 0 Å². The fraction of sp³-hybridized carbons (Fsp3) is 0.905. The number of hydrogen-bond acceptors (Lipinski definition) is 4. The van der Waals surface area contributed by atoms with Crippen LogP contribution in [0.1, 0.15) is 117 Å². The standard InChI is InChI=1S/C21H42O4S/c1-3-5-7-8-9-10-11-12-13-14-15-16-17-18-20-24-25-26(22,23)21-19-6-4-2/h19,21H,3-18,20H2,1-2H3. The molecule has 5 heteroatoms. The molecule has 0 spiro atoms. The molecule has 0 heterocycles. The van der Waals surface area contributed by atoms with Crippen molar-refractivity contribution < 1.29 is 17.6 Å². The highest BCUT2D eigenvalue weighted by Gasteiger charge is 2.06. The summed E-state index contributed by atoms with van der Waals surface area (Å²) in [6.07, 6.45) is 21.3. The maximum Gasteiger partial charge on any atom is 0.315 e. The molecule has 0 unspecified atom stereocenters. The van der Waals surface area contributed by atoms with Gasteiger partial charge < -0.3 is 0 Å². The van der Waals surface area contributed by atoms with E-state index in [1.54, 1.807) is 6.08 Å². The first-order valence-corrected chi connectivity index (χ1v) is 12.3. The van der Waals surface area contributed by atoms with Gasteiger partial charge in [0.25, 0.3) is 0 Å².